The highest BCUT2D eigenvalue weighted by Gasteiger charge is 2.33. The van der Waals surface area contributed by atoms with Gasteiger partial charge in [-0.2, -0.15) is 13.2 Å². The lowest BCUT2D eigenvalue weighted by atomic mass is 10.1. The van der Waals surface area contributed by atoms with Crippen molar-refractivity contribution in [1.82, 2.24) is 10.2 Å². The quantitative estimate of drug-likeness (QED) is 0.388. The van der Waals surface area contributed by atoms with Crippen molar-refractivity contribution >= 4 is 43.5 Å². The molecule has 0 spiro atoms. The third kappa shape index (κ3) is 8.51. The molecule has 0 radical (unpaired) electrons. The molecule has 0 saturated heterocycles. The number of hydrogen-bond acceptors (Lipinski definition) is 4. The van der Waals surface area contributed by atoms with Gasteiger partial charge in [-0.15, -0.1) is 0 Å². The van der Waals surface area contributed by atoms with Crippen molar-refractivity contribution in [2.45, 2.75) is 45.5 Å². The molecular formula is C24H29BrF3N3O4S. The normalized spacial score (nSPS) is 12.6. The first-order valence-corrected chi connectivity index (χ1v) is 13.8. The van der Waals surface area contributed by atoms with E-state index < -0.39 is 46.2 Å². The summed E-state index contributed by atoms with van der Waals surface area (Å²) >= 11 is 3.35. The molecule has 1 atom stereocenters. The molecule has 2 aromatic carbocycles. The first kappa shape index (κ1) is 29.6. The van der Waals surface area contributed by atoms with E-state index in [1.165, 1.54) is 17.9 Å². The number of benzene rings is 2. The van der Waals surface area contributed by atoms with Crippen LogP contribution in [0.2, 0.25) is 0 Å². The largest absolute Gasteiger partial charge is 0.416 e. The molecule has 1 unspecified atom stereocenters. The number of nitrogens with one attached hydrogen (secondary N) is 1. The second-order valence-corrected chi connectivity index (χ2v) is 11.1. The number of alkyl halides is 3. The molecule has 2 rings (SSSR count). The molecule has 2 aromatic rings. The average Bonchev–Trinajstić information content (AvgIpc) is 2.79. The number of anilines is 1. The van der Waals surface area contributed by atoms with Crippen molar-refractivity contribution in [3.8, 4) is 0 Å². The summed E-state index contributed by atoms with van der Waals surface area (Å²) in [6.07, 6.45) is -2.29. The molecule has 2 amide bonds. The van der Waals surface area contributed by atoms with Crippen LogP contribution in [-0.2, 0) is 32.3 Å². The summed E-state index contributed by atoms with van der Waals surface area (Å²) in [7, 11) is -4.14. The molecule has 1 N–H and O–H groups in total. The number of carbonyl (C=O) groups is 2. The molecule has 0 aromatic heterocycles. The molecule has 0 saturated carbocycles. The molecule has 0 fully saturated rings. The van der Waals surface area contributed by atoms with Crippen molar-refractivity contribution in [3.63, 3.8) is 0 Å². The number of halogens is 4. The van der Waals surface area contributed by atoms with Gasteiger partial charge in [0.1, 0.15) is 12.6 Å². The summed E-state index contributed by atoms with van der Waals surface area (Å²) in [6, 6.07) is 9.82. The fourth-order valence-corrected chi connectivity index (χ4v) is 4.69. The summed E-state index contributed by atoms with van der Waals surface area (Å²) < 4.78 is 66.1. The van der Waals surface area contributed by atoms with Gasteiger partial charge in [0.2, 0.25) is 21.8 Å². The van der Waals surface area contributed by atoms with Crippen LogP contribution in [0.3, 0.4) is 0 Å². The Hall–Kier alpha value is -2.60. The number of rotatable bonds is 11. The van der Waals surface area contributed by atoms with Crippen LogP contribution >= 0.6 is 15.9 Å². The van der Waals surface area contributed by atoms with Crippen LogP contribution in [0.5, 0.6) is 0 Å². The maximum absolute atomic E-state index is 13.4. The van der Waals surface area contributed by atoms with E-state index >= 15 is 0 Å². The predicted octanol–water partition coefficient (Wildman–Crippen LogP) is 4.57. The number of unbranched alkanes of at least 4 members (excludes halogenated alkanes) is 1. The maximum Gasteiger partial charge on any atom is 0.416 e. The highest BCUT2D eigenvalue weighted by molar-refractivity contribution is 9.10. The maximum atomic E-state index is 13.4. The Morgan fingerprint density at radius 2 is 1.78 bits per heavy atom. The predicted molar refractivity (Wildman–Crippen MR) is 136 cm³/mol. The number of sulfonamides is 1. The molecule has 0 aliphatic carbocycles. The van der Waals surface area contributed by atoms with E-state index in [1.54, 1.807) is 24.3 Å². The SMILES string of the molecule is CCCCNC(=O)C(C)N(Cc1cccc(Br)c1)C(=O)CN(c1cccc(C(F)(F)F)c1)S(C)(=O)=O. The van der Waals surface area contributed by atoms with Crippen LogP contribution in [0.15, 0.2) is 53.0 Å². The third-order valence-corrected chi connectivity index (χ3v) is 7.01. The van der Waals surface area contributed by atoms with Crippen molar-refractivity contribution in [3.05, 3.63) is 64.1 Å². The zero-order valence-corrected chi connectivity index (χ0v) is 22.6. The standard InChI is InChI=1S/C24H29BrF3N3O4S/c1-4-5-12-29-23(33)17(2)30(15-18-8-6-10-20(25)13-18)22(32)16-31(36(3,34)35)21-11-7-9-19(14-21)24(26,27)28/h6-11,13-14,17H,4-5,12,15-16H2,1-3H3,(H,29,33). The Balaban J connectivity index is 2.41. The number of amides is 2. The minimum Gasteiger partial charge on any atom is -0.354 e. The Labute approximate surface area is 217 Å². The summed E-state index contributed by atoms with van der Waals surface area (Å²) in [4.78, 5) is 27.4. The van der Waals surface area contributed by atoms with Crippen molar-refractivity contribution in [2.24, 2.45) is 0 Å². The smallest absolute Gasteiger partial charge is 0.354 e. The van der Waals surface area contributed by atoms with Gasteiger partial charge in [-0.25, -0.2) is 8.42 Å². The number of hydrogen-bond donors (Lipinski definition) is 1. The third-order valence-electron chi connectivity index (χ3n) is 5.38. The first-order valence-electron chi connectivity index (χ1n) is 11.2. The van der Waals surface area contributed by atoms with E-state index in [2.05, 4.69) is 21.2 Å². The molecule has 0 heterocycles. The van der Waals surface area contributed by atoms with Gasteiger partial charge in [0.15, 0.2) is 0 Å². The fraction of sp³-hybridized carbons (Fsp3) is 0.417. The summed E-state index contributed by atoms with van der Waals surface area (Å²) in [5.74, 6) is -1.16. The first-order chi connectivity index (χ1) is 16.7. The van der Waals surface area contributed by atoms with Gasteiger partial charge < -0.3 is 10.2 Å². The van der Waals surface area contributed by atoms with Gasteiger partial charge in [-0.1, -0.05) is 47.5 Å². The second-order valence-electron chi connectivity index (χ2n) is 8.29. The van der Waals surface area contributed by atoms with Crippen LogP contribution in [0.25, 0.3) is 0 Å². The summed E-state index contributed by atoms with van der Waals surface area (Å²) in [5.41, 5.74) is -0.671. The van der Waals surface area contributed by atoms with Gasteiger partial charge in [0, 0.05) is 17.6 Å². The van der Waals surface area contributed by atoms with Crippen molar-refractivity contribution < 1.29 is 31.2 Å². The molecule has 0 aliphatic heterocycles. The fourth-order valence-electron chi connectivity index (χ4n) is 3.40. The highest BCUT2D eigenvalue weighted by Crippen LogP contribution is 2.32. The van der Waals surface area contributed by atoms with Gasteiger partial charge in [-0.3, -0.25) is 13.9 Å². The molecule has 198 valence electrons. The molecular weight excluding hydrogens is 563 g/mol. The Morgan fingerprint density at radius 1 is 1.11 bits per heavy atom. The van der Waals surface area contributed by atoms with E-state index in [4.69, 9.17) is 0 Å². The van der Waals surface area contributed by atoms with Crippen molar-refractivity contribution in [2.75, 3.05) is 23.7 Å². The van der Waals surface area contributed by atoms with Gasteiger partial charge in [-0.05, 0) is 49.2 Å². The van der Waals surface area contributed by atoms with Crippen LogP contribution in [-0.4, -0.2) is 50.5 Å². The van der Waals surface area contributed by atoms with Crippen molar-refractivity contribution in [1.29, 1.82) is 0 Å². The average molecular weight is 592 g/mol. The molecule has 0 bridgehead atoms. The van der Waals surface area contributed by atoms with E-state index in [9.17, 15) is 31.2 Å². The Morgan fingerprint density at radius 3 is 2.36 bits per heavy atom. The molecule has 12 heteroatoms. The number of carbonyl (C=O) groups excluding carboxylic acids is 2. The molecule has 7 nitrogen and oxygen atoms in total. The minimum absolute atomic E-state index is 0.0131. The van der Waals surface area contributed by atoms with Crippen LogP contribution in [0, 0.1) is 0 Å². The molecule has 36 heavy (non-hydrogen) atoms. The van der Waals surface area contributed by atoms with Gasteiger partial charge in [0.05, 0.1) is 17.5 Å². The highest BCUT2D eigenvalue weighted by atomic mass is 79.9. The number of nitrogens with zero attached hydrogens (tertiary/aromatic N) is 2. The monoisotopic (exact) mass is 591 g/mol. The van der Waals surface area contributed by atoms with Crippen LogP contribution < -0.4 is 9.62 Å². The molecule has 0 aliphatic rings. The Kier molecular flexibility index (Phi) is 10.4. The summed E-state index contributed by atoms with van der Waals surface area (Å²) in [6.45, 7) is 3.11. The Bertz CT molecular complexity index is 1180. The van der Waals surface area contributed by atoms with Crippen LogP contribution in [0.1, 0.15) is 37.8 Å². The van der Waals surface area contributed by atoms with Crippen LogP contribution in [0.4, 0.5) is 18.9 Å². The summed E-state index contributed by atoms with van der Waals surface area (Å²) in [5, 5.41) is 2.76. The zero-order chi connectivity index (χ0) is 27.1. The van der Waals surface area contributed by atoms with Gasteiger partial charge >= 0.3 is 6.18 Å². The van der Waals surface area contributed by atoms with E-state index in [-0.39, 0.29) is 12.2 Å². The minimum atomic E-state index is -4.69. The lowest BCUT2D eigenvalue weighted by Gasteiger charge is -2.31. The lowest BCUT2D eigenvalue weighted by Crippen LogP contribution is -2.51. The van der Waals surface area contributed by atoms with Gasteiger partial charge in [0.25, 0.3) is 0 Å². The van der Waals surface area contributed by atoms with E-state index in [1.807, 2.05) is 6.92 Å². The van der Waals surface area contributed by atoms with E-state index in [0.29, 0.717) is 22.5 Å². The van der Waals surface area contributed by atoms with E-state index in [0.717, 1.165) is 35.7 Å². The zero-order valence-electron chi connectivity index (χ0n) is 20.2. The lowest BCUT2D eigenvalue weighted by molar-refractivity contribution is -0.139. The topological polar surface area (TPSA) is 86.8 Å². The second kappa shape index (κ2) is 12.6.